The van der Waals surface area contributed by atoms with E-state index in [1.807, 2.05) is 38.2 Å². The predicted octanol–water partition coefficient (Wildman–Crippen LogP) is 6.40. The van der Waals surface area contributed by atoms with Gasteiger partial charge in [0.1, 0.15) is 0 Å². The molecule has 0 saturated heterocycles. The zero-order valence-electron chi connectivity index (χ0n) is 13.5. The smallest absolute Gasteiger partial charge is 0.0931 e. The Morgan fingerprint density at radius 1 is 0.864 bits per heavy atom. The fourth-order valence-corrected chi connectivity index (χ4v) is 1.51. The van der Waals surface area contributed by atoms with Gasteiger partial charge < -0.3 is 0 Å². The minimum Gasteiger partial charge on any atom is -0.151 e. The summed E-state index contributed by atoms with van der Waals surface area (Å²) < 4.78 is 0. The van der Waals surface area contributed by atoms with Crippen molar-refractivity contribution in [2.24, 2.45) is 10.2 Å². The first-order valence-electron chi connectivity index (χ1n) is 6.97. The summed E-state index contributed by atoms with van der Waals surface area (Å²) in [6.45, 7) is 18.8. The molecule has 0 unspecified atom stereocenters. The van der Waals surface area contributed by atoms with Crippen LogP contribution in [0.5, 0.6) is 0 Å². The molecule has 0 aliphatic heterocycles. The second kappa shape index (κ2) is 12.0. The molecular formula is C20H24N2. The second-order valence-corrected chi connectivity index (χ2v) is 4.21. The van der Waals surface area contributed by atoms with Crippen molar-refractivity contribution >= 4 is 0 Å². The van der Waals surface area contributed by atoms with Gasteiger partial charge in [-0.15, -0.1) is 5.11 Å². The second-order valence-electron chi connectivity index (χ2n) is 4.21. The molecule has 2 nitrogen and oxygen atoms in total. The van der Waals surface area contributed by atoms with E-state index in [2.05, 4.69) is 36.5 Å². The van der Waals surface area contributed by atoms with Crippen molar-refractivity contribution in [1.82, 2.24) is 0 Å². The van der Waals surface area contributed by atoms with Gasteiger partial charge in [-0.05, 0) is 37.6 Å². The van der Waals surface area contributed by atoms with E-state index < -0.39 is 0 Å². The lowest BCUT2D eigenvalue weighted by Gasteiger charge is -2.05. The summed E-state index contributed by atoms with van der Waals surface area (Å²) in [5.74, 6) is 0. The number of allylic oxidation sites excluding steroid dienone is 11. The summed E-state index contributed by atoms with van der Waals surface area (Å²) in [4.78, 5) is 0. The Hall–Kier alpha value is -2.74. The van der Waals surface area contributed by atoms with Crippen LogP contribution in [0, 0.1) is 0 Å². The van der Waals surface area contributed by atoms with Gasteiger partial charge in [0, 0.05) is 5.57 Å². The fourth-order valence-electron chi connectivity index (χ4n) is 1.51. The molecule has 0 saturated carbocycles. The van der Waals surface area contributed by atoms with Crippen molar-refractivity contribution in [1.29, 1.82) is 0 Å². The molecular weight excluding hydrogens is 268 g/mol. The molecule has 0 aliphatic carbocycles. The number of hydrogen-bond donors (Lipinski definition) is 0. The number of rotatable bonds is 9. The maximum atomic E-state index is 4.33. The monoisotopic (exact) mass is 292 g/mol. The molecule has 0 rings (SSSR count). The van der Waals surface area contributed by atoms with Gasteiger partial charge in [-0.1, -0.05) is 68.8 Å². The Balaban J connectivity index is 5.86. The van der Waals surface area contributed by atoms with E-state index >= 15 is 0 Å². The van der Waals surface area contributed by atoms with Crippen molar-refractivity contribution < 1.29 is 0 Å². The molecule has 0 heterocycles. The molecule has 0 fully saturated rings. The maximum Gasteiger partial charge on any atom is 0.0931 e. The molecule has 0 aromatic carbocycles. The Labute approximate surface area is 134 Å². The summed E-state index contributed by atoms with van der Waals surface area (Å²) in [7, 11) is 0. The highest BCUT2D eigenvalue weighted by Gasteiger charge is 2.03. The van der Waals surface area contributed by atoms with Gasteiger partial charge in [0.15, 0.2) is 0 Å². The zero-order chi connectivity index (χ0) is 16.8. The first-order valence-corrected chi connectivity index (χ1v) is 6.97. The van der Waals surface area contributed by atoms with Gasteiger partial charge in [0.05, 0.1) is 11.4 Å². The summed E-state index contributed by atoms with van der Waals surface area (Å²) >= 11 is 0. The fraction of sp³-hybridized carbons (Fsp3) is 0.100. The Bertz CT molecular complexity index is 591. The molecule has 114 valence electrons. The Morgan fingerprint density at radius 2 is 1.55 bits per heavy atom. The van der Waals surface area contributed by atoms with Crippen molar-refractivity contribution in [3.05, 3.63) is 110 Å². The highest BCUT2D eigenvalue weighted by atomic mass is 15.1. The van der Waals surface area contributed by atoms with Gasteiger partial charge in [-0.3, -0.25) is 0 Å². The number of nitrogens with zero attached hydrogens (tertiary/aromatic N) is 2. The van der Waals surface area contributed by atoms with Crippen LogP contribution in [0.4, 0.5) is 0 Å². The van der Waals surface area contributed by atoms with Crippen LogP contribution in [0.25, 0.3) is 0 Å². The third-order valence-electron chi connectivity index (χ3n) is 2.58. The van der Waals surface area contributed by atoms with Crippen molar-refractivity contribution in [2.45, 2.75) is 13.8 Å². The molecule has 0 radical (unpaired) electrons. The highest BCUT2D eigenvalue weighted by molar-refractivity contribution is 5.47. The van der Waals surface area contributed by atoms with E-state index in [1.54, 1.807) is 36.5 Å². The molecule has 0 aliphatic rings. The van der Waals surface area contributed by atoms with Gasteiger partial charge in [-0.25, -0.2) is 0 Å². The molecule has 2 heteroatoms. The van der Waals surface area contributed by atoms with Crippen LogP contribution in [0.3, 0.4) is 0 Å². The van der Waals surface area contributed by atoms with Crippen molar-refractivity contribution in [3.8, 4) is 0 Å². The Kier molecular flexibility index (Phi) is 10.5. The van der Waals surface area contributed by atoms with Crippen molar-refractivity contribution in [2.75, 3.05) is 0 Å². The van der Waals surface area contributed by atoms with Crippen LogP contribution in [0.1, 0.15) is 13.8 Å². The summed E-state index contributed by atoms with van der Waals surface area (Å²) in [5, 5.41) is 8.58. The summed E-state index contributed by atoms with van der Waals surface area (Å²) in [6.07, 6.45) is 18.0. The van der Waals surface area contributed by atoms with E-state index in [-0.39, 0.29) is 0 Å². The summed E-state index contributed by atoms with van der Waals surface area (Å²) in [5.41, 5.74) is 3.32. The zero-order valence-corrected chi connectivity index (χ0v) is 13.5. The first kappa shape index (κ1) is 19.3. The minimum atomic E-state index is 0.699. The molecule has 0 amide bonds. The Morgan fingerprint density at radius 3 is 2.05 bits per heavy atom. The molecule has 0 atom stereocenters. The third kappa shape index (κ3) is 7.15. The van der Waals surface area contributed by atoms with Gasteiger partial charge in [0.2, 0.25) is 0 Å². The van der Waals surface area contributed by atoms with Crippen molar-refractivity contribution in [3.63, 3.8) is 0 Å². The van der Waals surface area contributed by atoms with E-state index in [9.17, 15) is 0 Å². The van der Waals surface area contributed by atoms with Crippen LogP contribution in [0.15, 0.2) is 120 Å². The molecule has 0 bridgehead atoms. The lowest BCUT2D eigenvalue weighted by Crippen LogP contribution is -1.88. The van der Waals surface area contributed by atoms with E-state index in [0.29, 0.717) is 5.70 Å². The average Bonchev–Trinajstić information content (AvgIpc) is 2.52. The average molecular weight is 292 g/mol. The van der Waals surface area contributed by atoms with Crippen LogP contribution < -0.4 is 0 Å². The molecule has 0 spiro atoms. The minimum absolute atomic E-state index is 0.699. The number of azo groups is 1. The van der Waals surface area contributed by atoms with Gasteiger partial charge >= 0.3 is 0 Å². The lowest BCUT2D eigenvalue weighted by atomic mass is 10.1. The lowest BCUT2D eigenvalue weighted by molar-refractivity contribution is 1.10. The largest absolute Gasteiger partial charge is 0.151 e. The molecule has 0 aromatic heterocycles. The topological polar surface area (TPSA) is 24.7 Å². The van der Waals surface area contributed by atoms with Crippen LogP contribution in [0.2, 0.25) is 0 Å². The normalized spacial score (nSPS) is 14.5. The van der Waals surface area contributed by atoms with Crippen LogP contribution >= 0.6 is 0 Å². The van der Waals surface area contributed by atoms with Crippen LogP contribution in [-0.2, 0) is 0 Å². The van der Waals surface area contributed by atoms with Gasteiger partial charge in [-0.2, -0.15) is 5.11 Å². The molecule has 0 aromatic rings. The molecule has 0 N–H and O–H groups in total. The van der Waals surface area contributed by atoms with E-state index in [4.69, 9.17) is 0 Å². The third-order valence-corrected chi connectivity index (χ3v) is 2.58. The number of hydrogen-bond acceptors (Lipinski definition) is 2. The quantitative estimate of drug-likeness (QED) is 0.347. The SMILES string of the molecule is C=C\C=C/C(C(=C\C=C)/N=N\C(\C=C/C)=C\C=C)=C(/C)C=C. The predicted molar refractivity (Wildman–Crippen MR) is 98.5 cm³/mol. The molecule has 22 heavy (non-hydrogen) atoms. The van der Waals surface area contributed by atoms with E-state index in [0.717, 1.165) is 16.8 Å². The maximum absolute atomic E-state index is 4.33. The van der Waals surface area contributed by atoms with Crippen LogP contribution in [-0.4, -0.2) is 0 Å². The highest BCUT2D eigenvalue weighted by Crippen LogP contribution is 2.20. The standard InChI is InChI=1S/C20H24N2/c1-7-12-16-19(17(6)11-5)20(15-10-4)22-21-18(13-8-2)14-9-3/h7-16H,1-2,4-5H2,3,6H3/b14-9-,16-12-,18-13+,19-17+,20-15+,22-21-. The van der Waals surface area contributed by atoms with E-state index in [1.165, 1.54) is 0 Å². The van der Waals surface area contributed by atoms with Gasteiger partial charge in [0.25, 0.3) is 0 Å². The summed E-state index contributed by atoms with van der Waals surface area (Å²) in [6, 6.07) is 0. The first-order chi connectivity index (χ1) is 10.6.